The van der Waals surface area contributed by atoms with Gasteiger partial charge in [0.1, 0.15) is 10.1 Å². The molecule has 0 aromatic heterocycles. The number of ketones is 1. The van der Waals surface area contributed by atoms with E-state index in [-0.39, 0.29) is 5.91 Å². The number of rotatable bonds is 2. The van der Waals surface area contributed by atoms with Crippen LogP contribution in [0.1, 0.15) is 18.4 Å². The van der Waals surface area contributed by atoms with Crippen molar-refractivity contribution in [2.24, 2.45) is 0 Å². The third kappa shape index (κ3) is 3.33. The average Bonchev–Trinajstić information content (AvgIpc) is 2.79. The number of piperidine rings is 1. The van der Waals surface area contributed by atoms with Gasteiger partial charge in [-0.05, 0) is 23.8 Å². The smallest absolute Gasteiger partial charge is 0.263 e. The number of thioether (sulfide) groups is 1. The maximum absolute atomic E-state index is 11.6. The zero-order chi connectivity index (χ0) is 14.8. The van der Waals surface area contributed by atoms with E-state index in [4.69, 9.17) is 12.2 Å². The topological polar surface area (TPSA) is 49.4 Å². The predicted octanol–water partition coefficient (Wildman–Crippen LogP) is 2.34. The molecule has 2 fully saturated rings. The minimum atomic E-state index is -0.136. The zero-order valence-corrected chi connectivity index (χ0v) is 12.9. The molecule has 2 heterocycles. The Balaban J connectivity index is 1.72. The van der Waals surface area contributed by atoms with Crippen LogP contribution in [0.25, 0.3) is 6.08 Å². The Morgan fingerprint density at radius 2 is 1.81 bits per heavy atom. The Morgan fingerprint density at radius 3 is 2.38 bits per heavy atom. The van der Waals surface area contributed by atoms with E-state index >= 15 is 0 Å². The quantitative estimate of drug-likeness (QED) is 0.670. The molecule has 0 saturated carbocycles. The minimum absolute atomic E-state index is 0.136. The van der Waals surface area contributed by atoms with Gasteiger partial charge in [0.2, 0.25) is 0 Å². The minimum Gasteiger partial charge on any atom is -0.371 e. The van der Waals surface area contributed by atoms with Crippen LogP contribution in [0.4, 0.5) is 5.69 Å². The Morgan fingerprint density at radius 1 is 1.14 bits per heavy atom. The first-order chi connectivity index (χ1) is 10.1. The van der Waals surface area contributed by atoms with Crippen LogP contribution in [0.2, 0.25) is 0 Å². The maximum Gasteiger partial charge on any atom is 0.263 e. The molecule has 21 heavy (non-hydrogen) atoms. The molecule has 1 aromatic carbocycles. The number of benzene rings is 1. The molecule has 3 rings (SSSR count). The monoisotopic (exact) mass is 318 g/mol. The second kappa shape index (κ2) is 5.99. The van der Waals surface area contributed by atoms with E-state index in [1.54, 1.807) is 0 Å². The van der Waals surface area contributed by atoms with E-state index in [0.29, 0.717) is 27.9 Å². The summed E-state index contributed by atoms with van der Waals surface area (Å²) >= 11 is 6.25. The summed E-state index contributed by atoms with van der Waals surface area (Å²) in [4.78, 5) is 25.7. The third-order valence-electron chi connectivity index (χ3n) is 3.52. The SMILES string of the molecule is O=C1CCN(c2ccc(/C=C3\SC(=S)NC3=O)cc2)CC1. The van der Waals surface area contributed by atoms with Crippen molar-refractivity contribution in [2.45, 2.75) is 12.8 Å². The number of hydrogen-bond acceptors (Lipinski definition) is 5. The number of amides is 1. The molecule has 1 aromatic rings. The van der Waals surface area contributed by atoms with Gasteiger partial charge in [-0.3, -0.25) is 9.59 Å². The van der Waals surface area contributed by atoms with Gasteiger partial charge in [0, 0.05) is 31.6 Å². The fourth-order valence-electron chi connectivity index (χ4n) is 2.37. The summed E-state index contributed by atoms with van der Waals surface area (Å²) in [7, 11) is 0. The van der Waals surface area contributed by atoms with E-state index < -0.39 is 0 Å². The van der Waals surface area contributed by atoms with E-state index in [1.165, 1.54) is 11.8 Å². The van der Waals surface area contributed by atoms with Crippen molar-refractivity contribution in [2.75, 3.05) is 18.0 Å². The molecule has 4 nitrogen and oxygen atoms in total. The van der Waals surface area contributed by atoms with Crippen molar-refractivity contribution in [3.63, 3.8) is 0 Å². The standard InChI is InChI=1S/C15H14N2O2S2/c18-12-5-7-17(8-6-12)11-3-1-10(2-4-11)9-13-14(19)16-15(20)21-13/h1-4,9H,5-8H2,(H,16,19,20)/b13-9-. The Hall–Kier alpha value is -1.66. The predicted molar refractivity (Wildman–Crippen MR) is 89.2 cm³/mol. The highest BCUT2D eigenvalue weighted by Gasteiger charge is 2.22. The van der Waals surface area contributed by atoms with Gasteiger partial charge < -0.3 is 10.2 Å². The second-order valence-corrected chi connectivity index (χ2v) is 6.69. The first-order valence-electron chi connectivity index (χ1n) is 6.73. The molecular formula is C15H14N2O2S2. The van der Waals surface area contributed by atoms with Crippen LogP contribution in [0, 0.1) is 0 Å². The molecule has 2 aliphatic heterocycles. The van der Waals surface area contributed by atoms with Crippen LogP contribution in [0.3, 0.4) is 0 Å². The number of hydrogen-bond donors (Lipinski definition) is 1. The number of anilines is 1. The molecule has 108 valence electrons. The van der Waals surface area contributed by atoms with Crippen LogP contribution in [-0.4, -0.2) is 29.1 Å². The number of Topliss-reactive ketones (excluding diaryl/α,β-unsaturated/α-hetero) is 1. The van der Waals surface area contributed by atoms with Gasteiger partial charge in [-0.15, -0.1) is 0 Å². The van der Waals surface area contributed by atoms with Gasteiger partial charge in [-0.2, -0.15) is 0 Å². The molecule has 0 atom stereocenters. The highest BCUT2D eigenvalue weighted by molar-refractivity contribution is 8.26. The summed E-state index contributed by atoms with van der Waals surface area (Å²) in [5, 5.41) is 2.60. The Bertz CT molecular complexity index is 628. The lowest BCUT2D eigenvalue weighted by Gasteiger charge is -2.28. The van der Waals surface area contributed by atoms with Crippen molar-refractivity contribution in [3.05, 3.63) is 34.7 Å². The first-order valence-corrected chi connectivity index (χ1v) is 7.96. The maximum atomic E-state index is 11.6. The van der Waals surface area contributed by atoms with Gasteiger partial charge in [0.25, 0.3) is 5.91 Å². The fourth-order valence-corrected chi connectivity index (χ4v) is 3.41. The lowest BCUT2D eigenvalue weighted by atomic mass is 10.1. The summed E-state index contributed by atoms with van der Waals surface area (Å²) < 4.78 is 0.501. The molecule has 1 N–H and O–H groups in total. The first kappa shape index (κ1) is 14.3. The molecule has 0 unspecified atom stereocenters. The van der Waals surface area contributed by atoms with Gasteiger partial charge in [0.05, 0.1) is 4.91 Å². The summed E-state index contributed by atoms with van der Waals surface area (Å²) in [5.74, 6) is 0.205. The van der Waals surface area contributed by atoms with Gasteiger partial charge in [0.15, 0.2) is 0 Å². The van der Waals surface area contributed by atoms with Crippen molar-refractivity contribution in [1.82, 2.24) is 5.32 Å². The number of nitrogens with one attached hydrogen (secondary N) is 1. The van der Waals surface area contributed by atoms with Crippen molar-refractivity contribution < 1.29 is 9.59 Å². The number of thiocarbonyl (C=S) groups is 1. The molecule has 2 saturated heterocycles. The summed E-state index contributed by atoms with van der Waals surface area (Å²) in [6.45, 7) is 1.57. The van der Waals surface area contributed by atoms with Crippen molar-refractivity contribution >= 4 is 51.8 Å². The Labute approximate surface area is 132 Å². The summed E-state index contributed by atoms with van der Waals surface area (Å²) in [6, 6.07) is 8.01. The molecule has 0 aliphatic carbocycles. The van der Waals surface area contributed by atoms with Gasteiger partial charge in [-0.1, -0.05) is 36.1 Å². The lowest BCUT2D eigenvalue weighted by Crippen LogP contribution is -2.33. The molecule has 0 radical (unpaired) electrons. The van der Waals surface area contributed by atoms with Crippen LogP contribution < -0.4 is 10.2 Å². The average molecular weight is 318 g/mol. The summed E-state index contributed by atoms with van der Waals surface area (Å²) in [5.41, 5.74) is 2.08. The largest absolute Gasteiger partial charge is 0.371 e. The molecule has 1 amide bonds. The van der Waals surface area contributed by atoms with Crippen LogP contribution in [0.5, 0.6) is 0 Å². The summed E-state index contributed by atoms with van der Waals surface area (Å²) in [6.07, 6.45) is 3.09. The molecule has 0 bridgehead atoms. The van der Waals surface area contributed by atoms with Crippen molar-refractivity contribution in [3.8, 4) is 0 Å². The van der Waals surface area contributed by atoms with Crippen LogP contribution in [0.15, 0.2) is 29.2 Å². The Kier molecular flexibility index (Phi) is 4.07. The zero-order valence-electron chi connectivity index (χ0n) is 11.3. The number of nitrogens with zero attached hydrogens (tertiary/aromatic N) is 1. The van der Waals surface area contributed by atoms with E-state index in [1.807, 2.05) is 30.3 Å². The normalized spacial score (nSPS) is 21.0. The van der Waals surface area contributed by atoms with Gasteiger partial charge in [-0.25, -0.2) is 0 Å². The molecular weight excluding hydrogens is 304 g/mol. The highest BCUT2D eigenvalue weighted by Crippen LogP contribution is 2.27. The van der Waals surface area contributed by atoms with Crippen LogP contribution >= 0.6 is 24.0 Å². The van der Waals surface area contributed by atoms with E-state index in [2.05, 4.69) is 10.2 Å². The third-order valence-corrected chi connectivity index (χ3v) is 4.68. The number of carbonyl (C=O) groups excluding carboxylic acids is 2. The van der Waals surface area contributed by atoms with Crippen molar-refractivity contribution in [1.29, 1.82) is 0 Å². The number of carbonyl (C=O) groups is 2. The van der Waals surface area contributed by atoms with E-state index in [0.717, 1.165) is 24.3 Å². The molecule has 2 aliphatic rings. The highest BCUT2D eigenvalue weighted by atomic mass is 32.2. The second-order valence-electron chi connectivity index (χ2n) is 4.97. The molecule has 6 heteroatoms. The molecule has 0 spiro atoms. The van der Waals surface area contributed by atoms with E-state index in [9.17, 15) is 9.59 Å². The fraction of sp³-hybridized carbons (Fsp3) is 0.267. The van der Waals surface area contributed by atoms with Gasteiger partial charge >= 0.3 is 0 Å². The lowest BCUT2D eigenvalue weighted by molar-refractivity contribution is -0.119. The van der Waals surface area contributed by atoms with Crippen LogP contribution in [-0.2, 0) is 9.59 Å².